The van der Waals surface area contributed by atoms with E-state index in [9.17, 15) is 4.79 Å². The fourth-order valence-electron chi connectivity index (χ4n) is 2.28. The average Bonchev–Trinajstić information content (AvgIpc) is 2.84. The second-order valence-corrected chi connectivity index (χ2v) is 6.70. The fraction of sp³-hybridized carbons (Fsp3) is 0.158. The van der Waals surface area contributed by atoms with Crippen LogP contribution in [0.1, 0.15) is 5.56 Å². The summed E-state index contributed by atoms with van der Waals surface area (Å²) in [4.78, 5) is 21.3. The van der Waals surface area contributed by atoms with Crippen LogP contribution in [0.2, 0.25) is 0 Å². The molecule has 1 aliphatic heterocycles. The monoisotopic (exact) mass is 337 g/mol. The fourth-order valence-corrected chi connectivity index (χ4v) is 3.27. The van der Waals surface area contributed by atoms with Gasteiger partial charge >= 0.3 is 0 Å². The first-order chi connectivity index (χ1) is 11.5. The van der Waals surface area contributed by atoms with E-state index in [1.807, 2.05) is 79.7 Å². The molecule has 0 bridgehead atoms. The van der Waals surface area contributed by atoms with E-state index < -0.39 is 0 Å². The molecular weight excluding hydrogens is 318 g/mol. The van der Waals surface area contributed by atoms with Crippen molar-refractivity contribution in [2.45, 2.75) is 0 Å². The number of thioether (sulfide) groups is 1. The van der Waals surface area contributed by atoms with Crippen LogP contribution >= 0.6 is 11.8 Å². The zero-order valence-corrected chi connectivity index (χ0v) is 14.7. The van der Waals surface area contributed by atoms with Gasteiger partial charge in [0.05, 0.1) is 10.6 Å². The number of nitrogens with zero attached hydrogens (tertiary/aromatic N) is 3. The highest BCUT2D eigenvalue weighted by Gasteiger charge is 2.30. The summed E-state index contributed by atoms with van der Waals surface area (Å²) in [6, 6.07) is 17.8. The number of hydrogen-bond acceptors (Lipinski definition) is 4. The Hall–Kier alpha value is -2.53. The zero-order valence-electron chi connectivity index (χ0n) is 13.9. The van der Waals surface area contributed by atoms with Gasteiger partial charge in [0.2, 0.25) is 0 Å². The maximum atomic E-state index is 12.4. The SMILES string of the molecule is CN1C(=O)/C(=C\c2ccc(N(C)C)cc2)SC1=Nc1ccccc1. The molecule has 3 rings (SSSR count). The lowest BCUT2D eigenvalue weighted by atomic mass is 10.2. The second kappa shape index (κ2) is 6.93. The minimum absolute atomic E-state index is 0.0219. The standard InChI is InChI=1S/C19H19N3OS/c1-21(2)16-11-9-14(10-12-16)13-17-18(23)22(3)19(24-17)20-15-7-5-4-6-8-15/h4-13H,1-3H3/b17-13+,20-19?. The molecule has 0 spiro atoms. The Morgan fingerprint density at radius 2 is 1.71 bits per heavy atom. The van der Waals surface area contributed by atoms with Crippen molar-refractivity contribution in [3.63, 3.8) is 0 Å². The summed E-state index contributed by atoms with van der Waals surface area (Å²) in [6.07, 6.45) is 1.91. The van der Waals surface area contributed by atoms with Crippen molar-refractivity contribution in [2.75, 3.05) is 26.0 Å². The number of hydrogen-bond donors (Lipinski definition) is 0. The summed E-state index contributed by atoms with van der Waals surface area (Å²) in [5.74, 6) is -0.0219. The van der Waals surface area contributed by atoms with Gasteiger partial charge in [-0.3, -0.25) is 9.69 Å². The van der Waals surface area contributed by atoms with Crippen LogP contribution in [0.5, 0.6) is 0 Å². The topological polar surface area (TPSA) is 35.9 Å². The largest absolute Gasteiger partial charge is 0.378 e. The highest BCUT2D eigenvalue weighted by Crippen LogP contribution is 2.33. The minimum Gasteiger partial charge on any atom is -0.378 e. The highest BCUT2D eigenvalue weighted by molar-refractivity contribution is 8.18. The van der Waals surface area contributed by atoms with E-state index in [2.05, 4.69) is 4.99 Å². The Balaban J connectivity index is 1.84. The van der Waals surface area contributed by atoms with E-state index in [-0.39, 0.29) is 5.91 Å². The van der Waals surface area contributed by atoms with Gasteiger partial charge < -0.3 is 4.90 Å². The van der Waals surface area contributed by atoms with Crippen molar-refractivity contribution in [3.8, 4) is 0 Å². The van der Waals surface area contributed by atoms with Crippen molar-refractivity contribution >= 4 is 40.3 Å². The van der Waals surface area contributed by atoms with Crippen molar-refractivity contribution < 1.29 is 4.79 Å². The Labute approximate surface area is 146 Å². The molecular formula is C19H19N3OS. The molecule has 1 heterocycles. The second-order valence-electron chi connectivity index (χ2n) is 5.69. The van der Waals surface area contributed by atoms with Crippen LogP contribution in [0.25, 0.3) is 6.08 Å². The molecule has 0 atom stereocenters. The van der Waals surface area contributed by atoms with Gasteiger partial charge in [0.1, 0.15) is 0 Å². The number of carbonyl (C=O) groups excluding carboxylic acids is 1. The van der Waals surface area contributed by atoms with Gasteiger partial charge in [0.15, 0.2) is 5.17 Å². The molecule has 0 radical (unpaired) electrons. The van der Waals surface area contributed by atoms with Crippen molar-refractivity contribution in [3.05, 3.63) is 65.1 Å². The third kappa shape index (κ3) is 3.51. The van der Waals surface area contributed by atoms with E-state index in [0.717, 1.165) is 16.9 Å². The Morgan fingerprint density at radius 1 is 1.04 bits per heavy atom. The Kier molecular flexibility index (Phi) is 4.71. The molecule has 122 valence electrons. The van der Waals surface area contributed by atoms with Crippen LogP contribution in [-0.4, -0.2) is 37.1 Å². The normalized spacial score (nSPS) is 17.8. The lowest BCUT2D eigenvalue weighted by Crippen LogP contribution is -2.23. The molecule has 0 saturated carbocycles. The van der Waals surface area contributed by atoms with Crippen molar-refractivity contribution in [1.82, 2.24) is 4.90 Å². The van der Waals surface area contributed by atoms with Gasteiger partial charge in [-0.05, 0) is 47.7 Å². The van der Waals surface area contributed by atoms with Crippen molar-refractivity contribution in [1.29, 1.82) is 0 Å². The van der Waals surface area contributed by atoms with Crippen molar-refractivity contribution in [2.24, 2.45) is 4.99 Å². The molecule has 1 amide bonds. The van der Waals surface area contributed by atoms with Gasteiger partial charge in [0.25, 0.3) is 5.91 Å². The first-order valence-corrected chi connectivity index (χ1v) is 8.45. The number of aliphatic imine (C=N–C) groups is 1. The molecule has 24 heavy (non-hydrogen) atoms. The van der Waals surface area contributed by atoms with E-state index in [0.29, 0.717) is 10.1 Å². The summed E-state index contributed by atoms with van der Waals surface area (Å²) in [5, 5.41) is 0.697. The molecule has 0 aromatic heterocycles. The number of para-hydroxylation sites is 1. The summed E-state index contributed by atoms with van der Waals surface area (Å²) in [7, 11) is 5.77. The van der Waals surface area contributed by atoms with Crippen LogP contribution in [-0.2, 0) is 4.79 Å². The number of amides is 1. The van der Waals surface area contributed by atoms with Crippen LogP contribution in [0.4, 0.5) is 11.4 Å². The van der Waals surface area contributed by atoms with Gasteiger partial charge in [-0.15, -0.1) is 0 Å². The van der Waals surface area contributed by atoms with Gasteiger partial charge in [-0.2, -0.15) is 0 Å². The number of amidine groups is 1. The molecule has 0 aliphatic carbocycles. The van der Waals surface area contributed by atoms with Crippen LogP contribution in [0.3, 0.4) is 0 Å². The number of benzene rings is 2. The summed E-state index contributed by atoms with van der Waals surface area (Å²) < 4.78 is 0. The van der Waals surface area contributed by atoms with E-state index in [1.54, 1.807) is 11.9 Å². The molecule has 2 aromatic rings. The van der Waals surface area contributed by atoms with Gasteiger partial charge in [-0.25, -0.2) is 4.99 Å². The first-order valence-electron chi connectivity index (χ1n) is 7.63. The Morgan fingerprint density at radius 3 is 2.33 bits per heavy atom. The number of carbonyl (C=O) groups is 1. The third-order valence-electron chi connectivity index (χ3n) is 3.69. The molecule has 1 fully saturated rings. The maximum Gasteiger partial charge on any atom is 0.266 e. The molecule has 4 nitrogen and oxygen atoms in total. The summed E-state index contributed by atoms with van der Waals surface area (Å²) in [6.45, 7) is 0. The van der Waals surface area contributed by atoms with E-state index >= 15 is 0 Å². The highest BCUT2D eigenvalue weighted by atomic mass is 32.2. The lowest BCUT2D eigenvalue weighted by molar-refractivity contribution is -0.121. The summed E-state index contributed by atoms with van der Waals surface area (Å²) in [5.41, 5.74) is 2.98. The summed E-state index contributed by atoms with van der Waals surface area (Å²) >= 11 is 1.40. The quantitative estimate of drug-likeness (QED) is 0.795. The predicted molar refractivity (Wildman–Crippen MR) is 103 cm³/mol. The number of likely N-dealkylation sites (N-methyl/N-ethyl adjacent to an activating group) is 1. The number of rotatable bonds is 3. The molecule has 1 aliphatic rings. The molecule has 1 saturated heterocycles. The van der Waals surface area contributed by atoms with E-state index in [1.165, 1.54) is 11.8 Å². The zero-order chi connectivity index (χ0) is 17.1. The minimum atomic E-state index is -0.0219. The maximum absolute atomic E-state index is 12.4. The number of anilines is 1. The lowest BCUT2D eigenvalue weighted by Gasteiger charge is -2.11. The van der Waals surface area contributed by atoms with Gasteiger partial charge in [0, 0.05) is 26.8 Å². The van der Waals surface area contributed by atoms with Gasteiger partial charge in [-0.1, -0.05) is 30.3 Å². The smallest absolute Gasteiger partial charge is 0.266 e. The van der Waals surface area contributed by atoms with Crippen LogP contribution in [0, 0.1) is 0 Å². The van der Waals surface area contributed by atoms with E-state index in [4.69, 9.17) is 0 Å². The molecule has 5 heteroatoms. The molecule has 0 unspecified atom stereocenters. The molecule has 0 N–H and O–H groups in total. The first kappa shape index (κ1) is 16.3. The van der Waals surface area contributed by atoms with Crippen LogP contribution in [0.15, 0.2) is 64.5 Å². The molecule has 2 aromatic carbocycles. The Bertz CT molecular complexity index is 795. The predicted octanol–water partition coefficient (Wildman–Crippen LogP) is 3.99. The third-order valence-corrected chi connectivity index (χ3v) is 4.75. The van der Waals surface area contributed by atoms with Crippen LogP contribution < -0.4 is 4.90 Å². The average molecular weight is 337 g/mol.